The van der Waals surface area contributed by atoms with Gasteiger partial charge in [-0.3, -0.25) is 4.99 Å². The second-order valence-corrected chi connectivity index (χ2v) is 3.64. The van der Waals surface area contributed by atoms with Crippen LogP contribution in [0, 0.1) is 5.92 Å². The van der Waals surface area contributed by atoms with Gasteiger partial charge in [0.25, 0.3) is 0 Å². The Morgan fingerprint density at radius 2 is 2.40 bits per heavy atom. The second kappa shape index (κ2) is 3.71. The fourth-order valence-electron chi connectivity index (χ4n) is 0.962. The Morgan fingerprint density at radius 1 is 1.60 bits per heavy atom. The molecule has 0 aromatic rings. The Balaban J connectivity index is 2.18. The molecule has 10 heavy (non-hydrogen) atoms. The van der Waals surface area contributed by atoms with E-state index in [0.717, 1.165) is 6.54 Å². The average Bonchev–Trinajstić information content (AvgIpc) is 2.34. The Hall–Kier alpha value is -0.380. The summed E-state index contributed by atoms with van der Waals surface area (Å²) < 4.78 is 0. The monoisotopic (exact) mass is 159 g/mol. The van der Waals surface area contributed by atoms with Crippen molar-refractivity contribution in [1.29, 1.82) is 0 Å². The highest BCUT2D eigenvalue weighted by Crippen LogP contribution is 2.23. The third-order valence-electron chi connectivity index (χ3n) is 1.56. The largest absolute Gasteiger partial charge is 0.370 e. The van der Waals surface area contributed by atoms with E-state index < -0.39 is 0 Å². The van der Waals surface area contributed by atoms with Crippen molar-refractivity contribution in [2.24, 2.45) is 22.4 Å². The van der Waals surface area contributed by atoms with E-state index in [2.05, 4.69) is 4.99 Å². The number of nitrogens with zero attached hydrogens (tertiary/aromatic N) is 1. The fourth-order valence-corrected chi connectivity index (χ4v) is 2.23. The molecule has 0 radical (unpaired) electrons. The molecule has 1 aliphatic rings. The van der Waals surface area contributed by atoms with Gasteiger partial charge in [0.1, 0.15) is 0 Å². The maximum Gasteiger partial charge on any atom is 0.185 e. The van der Waals surface area contributed by atoms with Crippen LogP contribution < -0.4 is 11.5 Å². The van der Waals surface area contributed by atoms with Crippen molar-refractivity contribution in [3.05, 3.63) is 0 Å². The lowest BCUT2D eigenvalue weighted by atomic mass is 10.1. The zero-order chi connectivity index (χ0) is 7.40. The Morgan fingerprint density at radius 3 is 2.90 bits per heavy atom. The molecule has 1 saturated heterocycles. The molecule has 1 aliphatic heterocycles. The van der Waals surface area contributed by atoms with Crippen molar-refractivity contribution in [3.8, 4) is 0 Å². The van der Waals surface area contributed by atoms with E-state index in [1.54, 1.807) is 0 Å². The summed E-state index contributed by atoms with van der Waals surface area (Å²) in [5.41, 5.74) is 10.4. The first-order chi connectivity index (χ1) is 4.79. The SMILES string of the molecule is NC(N)=NCC1CCSC1. The highest BCUT2D eigenvalue weighted by Gasteiger charge is 2.14. The van der Waals surface area contributed by atoms with Gasteiger partial charge in [-0.2, -0.15) is 11.8 Å². The number of hydrogen-bond acceptors (Lipinski definition) is 2. The van der Waals surface area contributed by atoms with Gasteiger partial charge in [0.2, 0.25) is 0 Å². The third kappa shape index (κ3) is 2.47. The molecule has 1 rings (SSSR count). The van der Waals surface area contributed by atoms with Crippen LogP contribution in [-0.2, 0) is 0 Å². The average molecular weight is 159 g/mol. The van der Waals surface area contributed by atoms with E-state index in [0.29, 0.717) is 5.92 Å². The van der Waals surface area contributed by atoms with E-state index in [-0.39, 0.29) is 5.96 Å². The molecule has 0 aliphatic carbocycles. The summed E-state index contributed by atoms with van der Waals surface area (Å²) >= 11 is 1.98. The summed E-state index contributed by atoms with van der Waals surface area (Å²) in [5, 5.41) is 0. The van der Waals surface area contributed by atoms with E-state index in [4.69, 9.17) is 11.5 Å². The van der Waals surface area contributed by atoms with Crippen LogP contribution in [0.1, 0.15) is 6.42 Å². The van der Waals surface area contributed by atoms with E-state index >= 15 is 0 Å². The molecule has 4 heteroatoms. The number of nitrogens with two attached hydrogens (primary N) is 2. The minimum absolute atomic E-state index is 0.219. The number of thioether (sulfide) groups is 1. The first-order valence-electron chi connectivity index (χ1n) is 3.42. The van der Waals surface area contributed by atoms with Crippen molar-refractivity contribution < 1.29 is 0 Å². The van der Waals surface area contributed by atoms with Crippen molar-refractivity contribution >= 4 is 17.7 Å². The van der Waals surface area contributed by atoms with Gasteiger partial charge in [0.15, 0.2) is 5.96 Å². The Bertz CT molecular complexity index is 125. The van der Waals surface area contributed by atoms with Gasteiger partial charge in [-0.15, -0.1) is 0 Å². The molecule has 3 nitrogen and oxygen atoms in total. The van der Waals surface area contributed by atoms with Crippen molar-refractivity contribution in [2.45, 2.75) is 6.42 Å². The lowest BCUT2D eigenvalue weighted by molar-refractivity contribution is 0.612. The molecule has 1 unspecified atom stereocenters. The lowest BCUT2D eigenvalue weighted by Crippen LogP contribution is -2.24. The summed E-state index contributed by atoms with van der Waals surface area (Å²) in [6, 6.07) is 0. The predicted octanol–water partition coefficient (Wildman–Crippen LogP) is 0.0129. The van der Waals surface area contributed by atoms with Crippen LogP contribution in [0.2, 0.25) is 0 Å². The van der Waals surface area contributed by atoms with Crippen LogP contribution >= 0.6 is 11.8 Å². The standard InChI is InChI=1S/C6H13N3S/c7-6(8)9-3-5-1-2-10-4-5/h5H,1-4H2,(H4,7,8,9). The van der Waals surface area contributed by atoms with Gasteiger partial charge >= 0.3 is 0 Å². The first kappa shape index (κ1) is 7.72. The number of guanidine groups is 1. The summed E-state index contributed by atoms with van der Waals surface area (Å²) in [6.45, 7) is 0.815. The van der Waals surface area contributed by atoms with Gasteiger partial charge in [0, 0.05) is 6.54 Å². The molecule has 1 heterocycles. The fraction of sp³-hybridized carbons (Fsp3) is 0.833. The molecule has 1 atom stereocenters. The van der Waals surface area contributed by atoms with E-state index in [1.165, 1.54) is 17.9 Å². The zero-order valence-electron chi connectivity index (χ0n) is 5.92. The topological polar surface area (TPSA) is 64.4 Å². The highest BCUT2D eigenvalue weighted by molar-refractivity contribution is 7.99. The Kier molecular flexibility index (Phi) is 2.86. The van der Waals surface area contributed by atoms with Crippen LogP contribution in [0.5, 0.6) is 0 Å². The zero-order valence-corrected chi connectivity index (χ0v) is 6.73. The number of aliphatic imine (C=N–C) groups is 1. The summed E-state index contributed by atoms with van der Waals surface area (Å²) in [4.78, 5) is 3.97. The minimum Gasteiger partial charge on any atom is -0.370 e. The third-order valence-corrected chi connectivity index (χ3v) is 2.79. The van der Waals surface area contributed by atoms with Gasteiger partial charge in [0.05, 0.1) is 0 Å². The summed E-state index contributed by atoms with van der Waals surface area (Å²) in [7, 11) is 0. The Labute approximate surface area is 65.3 Å². The molecule has 0 amide bonds. The predicted molar refractivity (Wildman–Crippen MR) is 46.1 cm³/mol. The molecule has 1 fully saturated rings. The smallest absolute Gasteiger partial charge is 0.185 e. The summed E-state index contributed by atoms with van der Waals surface area (Å²) in [5.74, 6) is 3.42. The highest BCUT2D eigenvalue weighted by atomic mass is 32.2. The van der Waals surface area contributed by atoms with Crippen molar-refractivity contribution in [1.82, 2.24) is 0 Å². The first-order valence-corrected chi connectivity index (χ1v) is 4.57. The van der Waals surface area contributed by atoms with Crippen LogP contribution in [0.15, 0.2) is 4.99 Å². The van der Waals surface area contributed by atoms with Gasteiger partial charge in [-0.25, -0.2) is 0 Å². The molecule has 0 aromatic heterocycles. The molecule has 0 bridgehead atoms. The lowest BCUT2D eigenvalue weighted by Gasteiger charge is -2.01. The molecular formula is C6H13N3S. The minimum atomic E-state index is 0.219. The van der Waals surface area contributed by atoms with Crippen LogP contribution in [0.25, 0.3) is 0 Å². The maximum absolute atomic E-state index is 5.19. The van der Waals surface area contributed by atoms with E-state index in [1.807, 2.05) is 11.8 Å². The van der Waals surface area contributed by atoms with Crippen LogP contribution in [0.3, 0.4) is 0 Å². The van der Waals surface area contributed by atoms with Gasteiger partial charge in [-0.05, 0) is 23.8 Å². The molecule has 0 saturated carbocycles. The molecule has 0 spiro atoms. The maximum atomic E-state index is 5.19. The van der Waals surface area contributed by atoms with Crippen LogP contribution in [-0.4, -0.2) is 24.0 Å². The van der Waals surface area contributed by atoms with Gasteiger partial charge in [-0.1, -0.05) is 0 Å². The number of rotatable bonds is 2. The van der Waals surface area contributed by atoms with Crippen molar-refractivity contribution in [2.75, 3.05) is 18.1 Å². The van der Waals surface area contributed by atoms with Crippen LogP contribution in [0.4, 0.5) is 0 Å². The van der Waals surface area contributed by atoms with Gasteiger partial charge < -0.3 is 11.5 Å². The second-order valence-electron chi connectivity index (χ2n) is 2.50. The molecule has 58 valence electrons. The van der Waals surface area contributed by atoms with Crippen molar-refractivity contribution in [3.63, 3.8) is 0 Å². The summed E-state index contributed by atoms with van der Waals surface area (Å²) in [6.07, 6.45) is 1.27. The molecule has 4 N–H and O–H groups in total. The molecule has 0 aromatic carbocycles. The normalized spacial score (nSPS) is 24.6. The molecular weight excluding hydrogens is 146 g/mol. The van der Waals surface area contributed by atoms with E-state index in [9.17, 15) is 0 Å². The number of hydrogen-bond donors (Lipinski definition) is 2. The quantitative estimate of drug-likeness (QED) is 0.441.